The molecule has 1 saturated heterocycles. The Kier molecular flexibility index (Phi) is 5.07. The number of benzene rings is 1. The van der Waals surface area contributed by atoms with Crippen molar-refractivity contribution >= 4 is 27.3 Å². The predicted octanol–water partition coefficient (Wildman–Crippen LogP) is 2.42. The SMILES string of the molecule is COc1ccc(S(=O)(=O)N2CCC(c3nc(C(=O)O)cs3)CC2)cc1. The molecular weight excluding hydrogens is 364 g/mol. The minimum atomic E-state index is -3.53. The van der Waals surface area contributed by atoms with Crippen LogP contribution in [0.2, 0.25) is 0 Å². The van der Waals surface area contributed by atoms with Gasteiger partial charge in [0.25, 0.3) is 0 Å². The van der Waals surface area contributed by atoms with Crippen LogP contribution in [0.3, 0.4) is 0 Å². The molecule has 1 aliphatic heterocycles. The highest BCUT2D eigenvalue weighted by atomic mass is 32.2. The van der Waals surface area contributed by atoms with Gasteiger partial charge >= 0.3 is 5.97 Å². The van der Waals surface area contributed by atoms with Gasteiger partial charge in [-0.3, -0.25) is 0 Å². The van der Waals surface area contributed by atoms with E-state index in [0.717, 1.165) is 5.01 Å². The van der Waals surface area contributed by atoms with Gasteiger partial charge in [0, 0.05) is 24.4 Å². The largest absolute Gasteiger partial charge is 0.497 e. The number of nitrogens with zero attached hydrogens (tertiary/aromatic N) is 2. The van der Waals surface area contributed by atoms with Gasteiger partial charge in [-0.2, -0.15) is 4.31 Å². The van der Waals surface area contributed by atoms with Crippen molar-refractivity contribution in [3.05, 3.63) is 40.3 Å². The van der Waals surface area contributed by atoms with Gasteiger partial charge in [-0.05, 0) is 37.1 Å². The second kappa shape index (κ2) is 7.11. The average molecular weight is 382 g/mol. The molecule has 2 heterocycles. The first kappa shape index (κ1) is 17.8. The highest BCUT2D eigenvalue weighted by molar-refractivity contribution is 7.89. The lowest BCUT2D eigenvalue weighted by molar-refractivity contribution is 0.0691. The van der Waals surface area contributed by atoms with Crippen molar-refractivity contribution in [1.82, 2.24) is 9.29 Å². The van der Waals surface area contributed by atoms with Crippen molar-refractivity contribution in [3.8, 4) is 5.75 Å². The molecule has 1 aromatic carbocycles. The number of piperidine rings is 1. The van der Waals surface area contributed by atoms with Crippen LogP contribution < -0.4 is 4.74 Å². The van der Waals surface area contributed by atoms with Crippen molar-refractivity contribution < 1.29 is 23.1 Å². The highest BCUT2D eigenvalue weighted by Gasteiger charge is 2.31. The molecule has 0 radical (unpaired) electrons. The summed E-state index contributed by atoms with van der Waals surface area (Å²) in [7, 11) is -2.00. The number of thiazole rings is 1. The lowest BCUT2D eigenvalue weighted by Gasteiger charge is -2.30. The summed E-state index contributed by atoms with van der Waals surface area (Å²) in [5.41, 5.74) is 0.0493. The zero-order valence-corrected chi connectivity index (χ0v) is 15.2. The fourth-order valence-corrected chi connectivity index (χ4v) is 5.25. The maximum atomic E-state index is 12.7. The van der Waals surface area contributed by atoms with Crippen molar-refractivity contribution in [2.45, 2.75) is 23.7 Å². The molecule has 3 rings (SSSR count). The highest BCUT2D eigenvalue weighted by Crippen LogP contribution is 2.32. The van der Waals surface area contributed by atoms with E-state index in [1.807, 2.05) is 0 Å². The fourth-order valence-electron chi connectivity index (χ4n) is 2.81. The van der Waals surface area contributed by atoms with Crippen LogP contribution in [-0.4, -0.2) is 49.0 Å². The summed E-state index contributed by atoms with van der Waals surface area (Å²) >= 11 is 1.32. The zero-order chi connectivity index (χ0) is 18.0. The second-order valence-corrected chi connectivity index (χ2v) is 8.56. The quantitative estimate of drug-likeness (QED) is 0.853. The van der Waals surface area contributed by atoms with Gasteiger partial charge in [0.1, 0.15) is 5.75 Å². The number of hydrogen-bond acceptors (Lipinski definition) is 6. The second-order valence-electron chi connectivity index (χ2n) is 5.73. The Balaban J connectivity index is 1.68. The van der Waals surface area contributed by atoms with E-state index in [2.05, 4.69) is 4.98 Å². The van der Waals surface area contributed by atoms with Crippen LogP contribution in [0.15, 0.2) is 34.5 Å². The minimum absolute atomic E-state index is 0.0493. The monoisotopic (exact) mass is 382 g/mol. The van der Waals surface area contributed by atoms with E-state index in [9.17, 15) is 13.2 Å². The maximum absolute atomic E-state index is 12.7. The number of carboxylic acids is 1. The molecule has 2 aromatic rings. The molecule has 9 heteroatoms. The molecule has 0 aliphatic carbocycles. The van der Waals surface area contributed by atoms with E-state index < -0.39 is 16.0 Å². The molecule has 1 N–H and O–H groups in total. The lowest BCUT2D eigenvalue weighted by atomic mass is 9.99. The molecular formula is C16H18N2O5S2. The fraction of sp³-hybridized carbons (Fsp3) is 0.375. The summed E-state index contributed by atoms with van der Waals surface area (Å²) in [5, 5.41) is 11.2. The lowest BCUT2D eigenvalue weighted by Crippen LogP contribution is -2.37. The van der Waals surface area contributed by atoms with Crippen LogP contribution >= 0.6 is 11.3 Å². The predicted molar refractivity (Wildman–Crippen MR) is 92.8 cm³/mol. The summed E-state index contributed by atoms with van der Waals surface area (Å²) in [4.78, 5) is 15.3. The van der Waals surface area contributed by atoms with Crippen LogP contribution in [0, 0.1) is 0 Å². The summed E-state index contributed by atoms with van der Waals surface area (Å²) in [6.07, 6.45) is 1.25. The molecule has 0 bridgehead atoms. The number of aromatic nitrogens is 1. The molecule has 134 valence electrons. The number of carbonyl (C=O) groups is 1. The zero-order valence-electron chi connectivity index (χ0n) is 13.6. The average Bonchev–Trinajstić information content (AvgIpc) is 3.12. The molecule has 1 aliphatic rings. The van der Waals surface area contributed by atoms with E-state index in [0.29, 0.717) is 31.7 Å². The van der Waals surface area contributed by atoms with Crippen molar-refractivity contribution in [2.24, 2.45) is 0 Å². The van der Waals surface area contributed by atoms with Gasteiger partial charge < -0.3 is 9.84 Å². The third kappa shape index (κ3) is 3.68. The topological polar surface area (TPSA) is 96.8 Å². The minimum Gasteiger partial charge on any atom is -0.497 e. The van der Waals surface area contributed by atoms with Crippen LogP contribution in [-0.2, 0) is 10.0 Å². The van der Waals surface area contributed by atoms with E-state index in [-0.39, 0.29) is 16.5 Å². The van der Waals surface area contributed by atoms with Crippen molar-refractivity contribution in [1.29, 1.82) is 0 Å². The van der Waals surface area contributed by atoms with E-state index in [1.165, 1.54) is 28.1 Å². The molecule has 0 amide bonds. The summed E-state index contributed by atoms with van der Waals surface area (Å²) in [5.74, 6) is -0.335. The van der Waals surface area contributed by atoms with E-state index >= 15 is 0 Å². The molecule has 0 spiro atoms. The van der Waals surface area contributed by atoms with Gasteiger partial charge in [0.15, 0.2) is 5.69 Å². The van der Waals surface area contributed by atoms with Gasteiger partial charge in [0.05, 0.1) is 17.0 Å². The van der Waals surface area contributed by atoms with Gasteiger partial charge in [-0.1, -0.05) is 0 Å². The molecule has 0 unspecified atom stereocenters. The Morgan fingerprint density at radius 2 is 1.92 bits per heavy atom. The molecule has 1 fully saturated rings. The van der Waals surface area contributed by atoms with Crippen LogP contribution in [0.1, 0.15) is 34.3 Å². The normalized spacial score (nSPS) is 16.7. The maximum Gasteiger partial charge on any atom is 0.355 e. The van der Waals surface area contributed by atoms with Gasteiger partial charge in [-0.15, -0.1) is 11.3 Å². The number of ether oxygens (including phenoxy) is 1. The van der Waals surface area contributed by atoms with E-state index in [1.54, 1.807) is 24.3 Å². The third-order valence-electron chi connectivity index (χ3n) is 4.24. The van der Waals surface area contributed by atoms with Crippen LogP contribution in [0.25, 0.3) is 0 Å². The van der Waals surface area contributed by atoms with Crippen LogP contribution in [0.5, 0.6) is 5.75 Å². The van der Waals surface area contributed by atoms with Gasteiger partial charge in [0.2, 0.25) is 10.0 Å². The first-order valence-corrected chi connectivity index (χ1v) is 10.1. The Bertz CT molecular complexity index is 853. The van der Waals surface area contributed by atoms with Crippen molar-refractivity contribution in [3.63, 3.8) is 0 Å². The molecule has 0 saturated carbocycles. The van der Waals surface area contributed by atoms with E-state index in [4.69, 9.17) is 9.84 Å². The summed E-state index contributed by atoms with van der Waals surface area (Å²) in [6.45, 7) is 0.780. The molecule has 1 aromatic heterocycles. The standard InChI is InChI=1S/C16H18N2O5S2/c1-23-12-2-4-13(5-3-12)25(21,22)18-8-6-11(7-9-18)15-17-14(10-24-15)16(19)20/h2-5,10-11H,6-9H2,1H3,(H,19,20). The number of aromatic carboxylic acids is 1. The Morgan fingerprint density at radius 1 is 1.28 bits per heavy atom. The number of rotatable bonds is 5. The number of sulfonamides is 1. The van der Waals surface area contributed by atoms with Gasteiger partial charge in [-0.25, -0.2) is 18.2 Å². The third-order valence-corrected chi connectivity index (χ3v) is 7.16. The number of carboxylic acid groups (broad SMARTS) is 1. The Hall–Kier alpha value is -1.97. The number of hydrogen-bond donors (Lipinski definition) is 1. The Labute approximate surface area is 149 Å². The number of methoxy groups -OCH3 is 1. The van der Waals surface area contributed by atoms with Crippen LogP contribution in [0.4, 0.5) is 0 Å². The first-order valence-electron chi connectivity index (χ1n) is 7.74. The summed E-state index contributed by atoms with van der Waals surface area (Å²) < 4.78 is 32.0. The molecule has 7 nitrogen and oxygen atoms in total. The smallest absolute Gasteiger partial charge is 0.355 e. The summed E-state index contributed by atoms with van der Waals surface area (Å²) in [6, 6.07) is 6.34. The molecule has 25 heavy (non-hydrogen) atoms. The first-order chi connectivity index (χ1) is 11.9. The Morgan fingerprint density at radius 3 is 2.44 bits per heavy atom. The van der Waals surface area contributed by atoms with Crippen molar-refractivity contribution in [2.75, 3.05) is 20.2 Å². The molecule has 0 atom stereocenters.